The number of nitrogens with zero attached hydrogens (tertiary/aromatic N) is 2. The van der Waals surface area contributed by atoms with E-state index in [2.05, 4.69) is 10.4 Å². The van der Waals surface area contributed by atoms with E-state index in [0.29, 0.717) is 24.0 Å². The lowest BCUT2D eigenvalue weighted by Gasteiger charge is -2.09. The summed E-state index contributed by atoms with van der Waals surface area (Å²) in [7, 11) is 0. The van der Waals surface area contributed by atoms with Crippen molar-refractivity contribution in [3.63, 3.8) is 0 Å². The van der Waals surface area contributed by atoms with Crippen molar-refractivity contribution >= 4 is 24.1 Å². The smallest absolute Gasteiger partial charge is 0.327 e. The van der Waals surface area contributed by atoms with Crippen LogP contribution in [0.15, 0.2) is 12.3 Å². The number of carbonyl (C=O) groups excluding carboxylic acids is 1. The van der Waals surface area contributed by atoms with E-state index in [1.807, 2.05) is 30.8 Å². The molecule has 2 N–H and O–H groups in total. The highest BCUT2D eigenvalue weighted by molar-refractivity contribution is 7.98. The molecule has 0 aliphatic heterocycles. The molecule has 0 saturated heterocycles. The molecule has 0 aromatic carbocycles. The van der Waals surface area contributed by atoms with Gasteiger partial charge in [0.25, 0.3) is 0 Å². The lowest BCUT2D eigenvalue weighted by atomic mass is 10.3. The summed E-state index contributed by atoms with van der Waals surface area (Å²) in [4.78, 5) is 21.0. The first-order chi connectivity index (χ1) is 8.54. The largest absolute Gasteiger partial charge is 0.480 e. The molecule has 1 amide bonds. The predicted molar refractivity (Wildman–Crippen MR) is 69.4 cm³/mol. The Morgan fingerprint density at radius 2 is 2.39 bits per heavy atom. The highest BCUT2D eigenvalue weighted by Gasteiger charge is 2.16. The van der Waals surface area contributed by atoms with Gasteiger partial charge in [-0.25, -0.2) is 4.79 Å². The molecule has 1 heterocycles. The quantitative estimate of drug-likeness (QED) is 0.686. The van der Waals surface area contributed by atoms with Crippen LogP contribution in [0.1, 0.15) is 25.6 Å². The molecule has 1 rings (SSSR count). The Morgan fingerprint density at radius 3 is 2.89 bits per heavy atom. The molecule has 0 aliphatic carbocycles. The molecular formula is C11H17N3O3S. The summed E-state index contributed by atoms with van der Waals surface area (Å²) in [6.07, 6.45) is 2.31. The van der Waals surface area contributed by atoms with Gasteiger partial charge in [0.05, 0.1) is 5.69 Å². The molecule has 0 spiro atoms. The van der Waals surface area contributed by atoms with Crippen molar-refractivity contribution in [2.24, 2.45) is 0 Å². The standard InChI is InChI=1S/C11H17N3O3S/c1-8(2)14-4-3-9(13-14)5-18-6-10(11(16)17)12-7-15/h3-4,7-8,10H,5-6H2,1-2H3,(H,12,15)(H,16,17). The van der Waals surface area contributed by atoms with E-state index in [0.717, 1.165) is 5.69 Å². The van der Waals surface area contributed by atoms with E-state index >= 15 is 0 Å². The maximum atomic E-state index is 10.8. The number of amides is 1. The van der Waals surface area contributed by atoms with Crippen molar-refractivity contribution < 1.29 is 14.7 Å². The summed E-state index contributed by atoms with van der Waals surface area (Å²) >= 11 is 1.43. The first-order valence-electron chi connectivity index (χ1n) is 5.59. The third-order valence-electron chi connectivity index (χ3n) is 2.29. The van der Waals surface area contributed by atoms with Crippen LogP contribution >= 0.6 is 11.8 Å². The predicted octanol–water partition coefficient (Wildman–Crippen LogP) is 0.896. The van der Waals surface area contributed by atoms with Crippen LogP contribution in [0, 0.1) is 0 Å². The summed E-state index contributed by atoms with van der Waals surface area (Å²) in [5.41, 5.74) is 0.906. The molecule has 0 fully saturated rings. The second-order valence-electron chi connectivity index (χ2n) is 4.07. The van der Waals surface area contributed by atoms with Crippen molar-refractivity contribution in [2.75, 3.05) is 5.75 Å². The van der Waals surface area contributed by atoms with Gasteiger partial charge in [-0.05, 0) is 19.9 Å². The zero-order chi connectivity index (χ0) is 13.5. The van der Waals surface area contributed by atoms with Crippen molar-refractivity contribution in [2.45, 2.75) is 31.7 Å². The number of nitrogens with one attached hydrogen (secondary N) is 1. The Kier molecular flexibility index (Phi) is 5.70. The highest BCUT2D eigenvalue weighted by Crippen LogP contribution is 2.13. The molecular weight excluding hydrogens is 254 g/mol. The first kappa shape index (κ1) is 14.6. The second-order valence-corrected chi connectivity index (χ2v) is 5.10. The van der Waals surface area contributed by atoms with Gasteiger partial charge in [-0.15, -0.1) is 0 Å². The van der Waals surface area contributed by atoms with Crippen LogP contribution < -0.4 is 5.32 Å². The fourth-order valence-electron chi connectivity index (χ4n) is 1.30. The Bertz CT molecular complexity index is 406. The van der Waals surface area contributed by atoms with E-state index in [-0.39, 0.29) is 0 Å². The van der Waals surface area contributed by atoms with Crippen LogP contribution in [-0.2, 0) is 15.3 Å². The van der Waals surface area contributed by atoms with Gasteiger partial charge in [-0.1, -0.05) is 0 Å². The van der Waals surface area contributed by atoms with Gasteiger partial charge in [-0.2, -0.15) is 16.9 Å². The molecule has 18 heavy (non-hydrogen) atoms. The van der Waals surface area contributed by atoms with E-state index < -0.39 is 12.0 Å². The summed E-state index contributed by atoms with van der Waals surface area (Å²) < 4.78 is 1.86. The van der Waals surface area contributed by atoms with Gasteiger partial charge in [0, 0.05) is 23.7 Å². The number of carboxylic acid groups (broad SMARTS) is 1. The first-order valence-corrected chi connectivity index (χ1v) is 6.74. The number of hydrogen-bond acceptors (Lipinski definition) is 4. The normalized spacial score (nSPS) is 12.4. The third-order valence-corrected chi connectivity index (χ3v) is 3.36. The number of aromatic nitrogens is 2. The van der Waals surface area contributed by atoms with Crippen LogP contribution in [0.5, 0.6) is 0 Å². The third kappa shape index (κ3) is 4.40. The minimum atomic E-state index is -1.03. The van der Waals surface area contributed by atoms with Crippen LogP contribution in [0.25, 0.3) is 0 Å². The molecule has 7 heteroatoms. The molecule has 0 bridgehead atoms. The number of carbonyl (C=O) groups is 2. The Hall–Kier alpha value is -1.50. The number of aliphatic carboxylic acids is 1. The van der Waals surface area contributed by atoms with Gasteiger partial charge >= 0.3 is 5.97 Å². The second kappa shape index (κ2) is 7.05. The highest BCUT2D eigenvalue weighted by atomic mass is 32.2. The van der Waals surface area contributed by atoms with Crippen molar-refractivity contribution in [1.29, 1.82) is 0 Å². The lowest BCUT2D eigenvalue weighted by Crippen LogP contribution is -2.37. The van der Waals surface area contributed by atoms with Gasteiger partial charge in [0.2, 0.25) is 6.41 Å². The van der Waals surface area contributed by atoms with E-state index in [1.165, 1.54) is 11.8 Å². The van der Waals surface area contributed by atoms with Crippen LogP contribution in [0.3, 0.4) is 0 Å². The lowest BCUT2D eigenvalue weighted by molar-refractivity contribution is -0.139. The van der Waals surface area contributed by atoms with Gasteiger partial charge < -0.3 is 10.4 Å². The monoisotopic (exact) mass is 271 g/mol. The molecule has 1 atom stereocenters. The fraction of sp³-hybridized carbons (Fsp3) is 0.545. The maximum absolute atomic E-state index is 10.8. The molecule has 0 saturated carbocycles. The van der Waals surface area contributed by atoms with Crippen LogP contribution in [-0.4, -0.2) is 39.1 Å². The fourth-order valence-corrected chi connectivity index (χ4v) is 2.25. The Morgan fingerprint density at radius 1 is 1.67 bits per heavy atom. The van der Waals surface area contributed by atoms with Gasteiger partial charge in [0.1, 0.15) is 6.04 Å². The van der Waals surface area contributed by atoms with Crippen LogP contribution in [0.2, 0.25) is 0 Å². The molecule has 1 aromatic rings. The number of carboxylic acids is 1. The molecule has 100 valence electrons. The summed E-state index contributed by atoms with van der Waals surface area (Å²) in [5.74, 6) is -0.0746. The Balaban J connectivity index is 2.39. The van der Waals surface area contributed by atoms with E-state index in [1.54, 1.807) is 0 Å². The van der Waals surface area contributed by atoms with E-state index in [9.17, 15) is 9.59 Å². The topological polar surface area (TPSA) is 84.2 Å². The van der Waals surface area contributed by atoms with Crippen molar-refractivity contribution in [3.8, 4) is 0 Å². The average Bonchev–Trinajstić information content (AvgIpc) is 2.76. The Labute approximate surface area is 110 Å². The molecule has 0 aliphatic rings. The zero-order valence-corrected chi connectivity index (χ0v) is 11.2. The maximum Gasteiger partial charge on any atom is 0.327 e. The zero-order valence-electron chi connectivity index (χ0n) is 10.4. The summed E-state index contributed by atoms with van der Waals surface area (Å²) in [6.45, 7) is 4.08. The molecule has 0 radical (unpaired) electrons. The summed E-state index contributed by atoms with van der Waals surface area (Å²) in [5, 5.41) is 15.4. The number of thioether (sulfide) groups is 1. The molecule has 1 unspecified atom stereocenters. The van der Waals surface area contributed by atoms with Gasteiger partial charge in [0.15, 0.2) is 0 Å². The summed E-state index contributed by atoms with van der Waals surface area (Å²) in [6, 6.07) is 1.38. The van der Waals surface area contributed by atoms with Crippen molar-refractivity contribution in [1.82, 2.24) is 15.1 Å². The average molecular weight is 271 g/mol. The van der Waals surface area contributed by atoms with Crippen LogP contribution in [0.4, 0.5) is 0 Å². The molecule has 1 aromatic heterocycles. The molecule has 6 nitrogen and oxygen atoms in total. The van der Waals surface area contributed by atoms with E-state index in [4.69, 9.17) is 5.11 Å². The number of rotatable bonds is 8. The van der Waals surface area contributed by atoms with Gasteiger partial charge in [-0.3, -0.25) is 9.48 Å². The van der Waals surface area contributed by atoms with Crippen molar-refractivity contribution in [3.05, 3.63) is 18.0 Å². The number of hydrogen-bond donors (Lipinski definition) is 2. The minimum absolute atomic E-state index is 0.312. The SMILES string of the molecule is CC(C)n1ccc(CSCC(NC=O)C(=O)O)n1. The minimum Gasteiger partial charge on any atom is -0.480 e.